The molecule has 2 rings (SSSR count). The van der Waals surface area contributed by atoms with Gasteiger partial charge in [-0.15, -0.1) is 0 Å². The molecule has 0 bridgehead atoms. The second-order valence-electron chi connectivity index (χ2n) is 4.34. The Balaban J connectivity index is 1.94. The summed E-state index contributed by atoms with van der Waals surface area (Å²) in [4.78, 5) is 11.4. The Kier molecular flexibility index (Phi) is 5.20. The standard InChI is InChI=1S/C15H17N3O2/c1-20-15(19)9-12-5-2-3-6-13(12)10-16-11-14-7-4-8-17-18-14/h2-8,16H,9-11H2,1H3. The van der Waals surface area contributed by atoms with Crippen molar-refractivity contribution in [2.75, 3.05) is 7.11 Å². The lowest BCUT2D eigenvalue weighted by molar-refractivity contribution is -0.139. The first-order valence-corrected chi connectivity index (χ1v) is 6.40. The van der Waals surface area contributed by atoms with Crippen LogP contribution in [-0.2, 0) is 29.0 Å². The van der Waals surface area contributed by atoms with E-state index in [2.05, 4.69) is 15.5 Å². The lowest BCUT2D eigenvalue weighted by Crippen LogP contribution is -2.16. The van der Waals surface area contributed by atoms with Crippen LogP contribution in [0, 0.1) is 0 Å². The maximum Gasteiger partial charge on any atom is 0.309 e. The van der Waals surface area contributed by atoms with E-state index < -0.39 is 0 Å². The molecule has 0 aliphatic carbocycles. The zero-order valence-electron chi connectivity index (χ0n) is 11.4. The first-order chi connectivity index (χ1) is 9.79. The van der Waals surface area contributed by atoms with Crippen molar-refractivity contribution in [1.82, 2.24) is 15.5 Å². The molecule has 2 aromatic rings. The van der Waals surface area contributed by atoms with Crippen molar-refractivity contribution >= 4 is 5.97 Å². The average molecular weight is 271 g/mol. The molecule has 0 fully saturated rings. The number of hydrogen-bond donors (Lipinski definition) is 1. The Morgan fingerprint density at radius 1 is 1.15 bits per heavy atom. The molecule has 1 N–H and O–H groups in total. The van der Waals surface area contributed by atoms with Crippen molar-refractivity contribution in [1.29, 1.82) is 0 Å². The van der Waals surface area contributed by atoms with Gasteiger partial charge in [0.15, 0.2) is 0 Å². The lowest BCUT2D eigenvalue weighted by Gasteiger charge is -2.09. The molecule has 0 amide bonds. The molecular weight excluding hydrogens is 254 g/mol. The van der Waals surface area contributed by atoms with Crippen LogP contribution < -0.4 is 5.32 Å². The second kappa shape index (κ2) is 7.35. The fraction of sp³-hybridized carbons (Fsp3) is 0.267. The molecule has 0 unspecified atom stereocenters. The highest BCUT2D eigenvalue weighted by Crippen LogP contribution is 2.10. The monoisotopic (exact) mass is 271 g/mol. The molecule has 1 aromatic carbocycles. The number of ether oxygens (including phenoxy) is 1. The number of aromatic nitrogens is 2. The van der Waals surface area contributed by atoms with Gasteiger partial charge < -0.3 is 10.1 Å². The molecule has 0 atom stereocenters. The van der Waals surface area contributed by atoms with Gasteiger partial charge in [-0.1, -0.05) is 24.3 Å². The number of esters is 1. The van der Waals surface area contributed by atoms with Crippen molar-refractivity contribution in [3.05, 3.63) is 59.4 Å². The fourth-order valence-electron chi connectivity index (χ4n) is 1.88. The summed E-state index contributed by atoms with van der Waals surface area (Å²) in [5.41, 5.74) is 2.95. The molecule has 0 aliphatic rings. The van der Waals surface area contributed by atoms with Crippen LogP contribution in [0.5, 0.6) is 0 Å². The highest BCUT2D eigenvalue weighted by Gasteiger charge is 2.07. The zero-order chi connectivity index (χ0) is 14.2. The molecule has 0 saturated heterocycles. The number of methoxy groups -OCH3 is 1. The third kappa shape index (κ3) is 4.13. The Bertz CT molecular complexity index is 558. The van der Waals surface area contributed by atoms with E-state index in [9.17, 15) is 4.79 Å². The van der Waals surface area contributed by atoms with Crippen LogP contribution in [0.25, 0.3) is 0 Å². The van der Waals surface area contributed by atoms with Gasteiger partial charge in [0.25, 0.3) is 0 Å². The largest absolute Gasteiger partial charge is 0.469 e. The predicted octanol–water partition coefficient (Wildman–Crippen LogP) is 1.48. The summed E-state index contributed by atoms with van der Waals surface area (Å²) in [5, 5.41) is 11.1. The minimum Gasteiger partial charge on any atom is -0.469 e. The van der Waals surface area contributed by atoms with Gasteiger partial charge >= 0.3 is 5.97 Å². The van der Waals surface area contributed by atoms with Crippen molar-refractivity contribution in [2.45, 2.75) is 19.5 Å². The summed E-state index contributed by atoms with van der Waals surface area (Å²) in [5.74, 6) is -0.230. The van der Waals surface area contributed by atoms with E-state index in [0.29, 0.717) is 19.5 Å². The van der Waals surface area contributed by atoms with E-state index in [1.807, 2.05) is 36.4 Å². The number of hydrogen-bond acceptors (Lipinski definition) is 5. The van der Waals surface area contributed by atoms with Crippen molar-refractivity contribution in [3.63, 3.8) is 0 Å². The quantitative estimate of drug-likeness (QED) is 0.806. The minimum absolute atomic E-state index is 0.230. The summed E-state index contributed by atoms with van der Waals surface area (Å²) < 4.78 is 4.71. The van der Waals surface area contributed by atoms with Gasteiger partial charge in [0, 0.05) is 19.3 Å². The minimum atomic E-state index is -0.230. The van der Waals surface area contributed by atoms with Gasteiger partial charge in [0.2, 0.25) is 0 Å². The Hall–Kier alpha value is -2.27. The number of carbonyl (C=O) groups excluding carboxylic acids is 1. The number of nitrogens with zero attached hydrogens (tertiary/aromatic N) is 2. The fourth-order valence-corrected chi connectivity index (χ4v) is 1.88. The Morgan fingerprint density at radius 3 is 2.65 bits per heavy atom. The molecule has 0 radical (unpaired) electrons. The van der Waals surface area contributed by atoms with E-state index in [1.54, 1.807) is 6.20 Å². The number of carbonyl (C=O) groups is 1. The van der Waals surface area contributed by atoms with Gasteiger partial charge in [-0.05, 0) is 23.3 Å². The van der Waals surface area contributed by atoms with Crippen LogP contribution in [0.15, 0.2) is 42.6 Å². The van der Waals surface area contributed by atoms with Crippen LogP contribution in [0.3, 0.4) is 0 Å². The highest BCUT2D eigenvalue weighted by molar-refractivity contribution is 5.72. The summed E-state index contributed by atoms with van der Waals surface area (Å²) >= 11 is 0. The van der Waals surface area contributed by atoms with Gasteiger partial charge in [0.1, 0.15) is 0 Å². The summed E-state index contributed by atoms with van der Waals surface area (Å²) in [6, 6.07) is 11.6. The molecule has 0 spiro atoms. The number of benzene rings is 1. The van der Waals surface area contributed by atoms with Crippen LogP contribution in [0.2, 0.25) is 0 Å². The van der Waals surface area contributed by atoms with Gasteiger partial charge in [-0.25, -0.2) is 0 Å². The van der Waals surface area contributed by atoms with Crippen LogP contribution in [0.4, 0.5) is 0 Å². The molecule has 5 heteroatoms. The number of nitrogens with one attached hydrogen (secondary N) is 1. The molecule has 0 aliphatic heterocycles. The average Bonchev–Trinajstić information content (AvgIpc) is 2.50. The summed E-state index contributed by atoms with van der Waals surface area (Å²) in [6.45, 7) is 1.31. The van der Waals surface area contributed by atoms with E-state index in [4.69, 9.17) is 4.74 Å². The smallest absolute Gasteiger partial charge is 0.309 e. The predicted molar refractivity (Wildman–Crippen MR) is 74.7 cm³/mol. The highest BCUT2D eigenvalue weighted by atomic mass is 16.5. The first kappa shape index (κ1) is 14.1. The van der Waals surface area contributed by atoms with Crippen molar-refractivity contribution in [3.8, 4) is 0 Å². The van der Waals surface area contributed by atoms with Gasteiger partial charge in [0.05, 0.1) is 19.2 Å². The molecule has 104 valence electrons. The van der Waals surface area contributed by atoms with Crippen LogP contribution in [0.1, 0.15) is 16.8 Å². The maximum absolute atomic E-state index is 11.4. The SMILES string of the molecule is COC(=O)Cc1ccccc1CNCc1cccnn1. The van der Waals surface area contributed by atoms with Crippen molar-refractivity contribution in [2.24, 2.45) is 0 Å². The third-order valence-corrected chi connectivity index (χ3v) is 2.93. The normalized spacial score (nSPS) is 10.2. The molecular formula is C15H17N3O2. The lowest BCUT2D eigenvalue weighted by atomic mass is 10.0. The Labute approximate surface area is 118 Å². The van der Waals surface area contributed by atoms with E-state index in [-0.39, 0.29) is 5.97 Å². The molecule has 5 nitrogen and oxygen atoms in total. The van der Waals surface area contributed by atoms with E-state index in [1.165, 1.54) is 7.11 Å². The van der Waals surface area contributed by atoms with E-state index in [0.717, 1.165) is 16.8 Å². The van der Waals surface area contributed by atoms with Crippen molar-refractivity contribution < 1.29 is 9.53 Å². The zero-order valence-corrected chi connectivity index (χ0v) is 11.4. The topological polar surface area (TPSA) is 64.1 Å². The van der Waals surface area contributed by atoms with Gasteiger partial charge in [-0.3, -0.25) is 4.79 Å². The second-order valence-corrected chi connectivity index (χ2v) is 4.34. The molecule has 20 heavy (non-hydrogen) atoms. The first-order valence-electron chi connectivity index (χ1n) is 6.40. The summed E-state index contributed by atoms with van der Waals surface area (Å²) in [6.07, 6.45) is 1.94. The maximum atomic E-state index is 11.4. The van der Waals surface area contributed by atoms with E-state index >= 15 is 0 Å². The molecule has 1 heterocycles. The summed E-state index contributed by atoms with van der Waals surface area (Å²) in [7, 11) is 1.40. The van der Waals surface area contributed by atoms with Gasteiger partial charge in [-0.2, -0.15) is 10.2 Å². The third-order valence-electron chi connectivity index (χ3n) is 2.93. The number of rotatable bonds is 6. The van der Waals surface area contributed by atoms with Crippen LogP contribution >= 0.6 is 0 Å². The van der Waals surface area contributed by atoms with Crippen LogP contribution in [-0.4, -0.2) is 23.3 Å². The molecule has 1 aromatic heterocycles. The Morgan fingerprint density at radius 2 is 1.95 bits per heavy atom. The molecule has 0 saturated carbocycles.